The molecule has 0 unspecified atom stereocenters. The maximum absolute atomic E-state index is 12.3. The van der Waals surface area contributed by atoms with E-state index in [0.29, 0.717) is 23.0 Å². The Morgan fingerprint density at radius 1 is 1.07 bits per heavy atom. The van der Waals surface area contributed by atoms with Gasteiger partial charge in [0.25, 0.3) is 0 Å². The normalized spacial score (nSPS) is 10.4. The summed E-state index contributed by atoms with van der Waals surface area (Å²) in [6.07, 6.45) is 0.921. The summed E-state index contributed by atoms with van der Waals surface area (Å²) in [5, 5.41) is 2.32. The fourth-order valence-corrected chi connectivity index (χ4v) is 3.47. The van der Waals surface area contributed by atoms with Crippen molar-refractivity contribution in [3.05, 3.63) is 71.2 Å². The van der Waals surface area contributed by atoms with E-state index in [1.165, 1.54) is 23.2 Å². The monoisotopic (exact) mass is 410 g/mol. The van der Waals surface area contributed by atoms with Crippen LogP contribution in [0.4, 0.5) is 10.8 Å². The van der Waals surface area contributed by atoms with Gasteiger partial charge in [0.15, 0.2) is 5.13 Å². The Morgan fingerprint density at radius 2 is 1.79 bits per heavy atom. The van der Waals surface area contributed by atoms with Crippen LogP contribution in [0, 0.1) is 0 Å². The molecule has 3 rings (SSSR count). The number of aromatic nitrogens is 1. The first-order valence-electron chi connectivity index (χ1n) is 9.28. The zero-order valence-corrected chi connectivity index (χ0v) is 17.1. The first kappa shape index (κ1) is 20.5. The number of hydrogen-bond acceptors (Lipinski definition) is 6. The summed E-state index contributed by atoms with van der Waals surface area (Å²) in [6, 6.07) is 16.1. The number of carbonyl (C=O) groups is 2. The van der Waals surface area contributed by atoms with Gasteiger partial charge in [-0.3, -0.25) is 9.69 Å². The van der Waals surface area contributed by atoms with Crippen LogP contribution in [0.3, 0.4) is 0 Å². The minimum absolute atomic E-state index is 0.0317. The molecule has 0 spiro atoms. The maximum Gasteiger partial charge on any atom is 0.338 e. The summed E-state index contributed by atoms with van der Waals surface area (Å²) in [5.74, 6) is 0.144. The standard InChI is InChI=1S/C22H22N2O4S/c1-3-13-27-20-11-9-17(10-12-20)21(26)28-14-18-15-29-22(23-18)24(16(2)25)19-7-5-4-6-8-19/h4-12,15H,3,13-14H2,1-2H3. The van der Waals surface area contributed by atoms with Gasteiger partial charge < -0.3 is 9.47 Å². The fraction of sp³-hybridized carbons (Fsp3) is 0.227. The van der Waals surface area contributed by atoms with Crippen LogP contribution in [0.25, 0.3) is 0 Å². The third-order valence-electron chi connectivity index (χ3n) is 3.97. The van der Waals surface area contributed by atoms with Gasteiger partial charge in [-0.2, -0.15) is 0 Å². The SMILES string of the molecule is CCCOc1ccc(C(=O)OCc2csc(N(C(C)=O)c3ccccc3)n2)cc1. The first-order valence-corrected chi connectivity index (χ1v) is 10.2. The van der Waals surface area contributed by atoms with Crippen molar-refractivity contribution in [2.75, 3.05) is 11.5 Å². The van der Waals surface area contributed by atoms with Crippen LogP contribution < -0.4 is 9.64 Å². The third-order valence-corrected chi connectivity index (χ3v) is 4.85. The first-order chi connectivity index (χ1) is 14.1. The molecule has 0 atom stereocenters. The van der Waals surface area contributed by atoms with Gasteiger partial charge in [-0.1, -0.05) is 25.1 Å². The Hall–Kier alpha value is -3.19. The minimum Gasteiger partial charge on any atom is -0.494 e. The topological polar surface area (TPSA) is 68.7 Å². The van der Waals surface area contributed by atoms with Gasteiger partial charge in [0.2, 0.25) is 5.91 Å². The lowest BCUT2D eigenvalue weighted by atomic mass is 10.2. The second-order valence-corrected chi connectivity index (χ2v) is 7.10. The van der Waals surface area contributed by atoms with Gasteiger partial charge in [-0.15, -0.1) is 11.3 Å². The number of amides is 1. The van der Waals surface area contributed by atoms with E-state index in [1.807, 2.05) is 37.3 Å². The highest BCUT2D eigenvalue weighted by Crippen LogP contribution is 2.29. The summed E-state index contributed by atoms with van der Waals surface area (Å²) in [6.45, 7) is 4.19. The number of carbonyl (C=O) groups excluding carboxylic acids is 2. The molecular weight excluding hydrogens is 388 g/mol. The zero-order valence-electron chi connectivity index (χ0n) is 16.3. The molecule has 2 aromatic carbocycles. The summed E-state index contributed by atoms with van der Waals surface area (Å²) >= 11 is 1.32. The summed E-state index contributed by atoms with van der Waals surface area (Å²) in [7, 11) is 0. The number of para-hydroxylation sites is 1. The number of esters is 1. The molecule has 0 fully saturated rings. The molecular formula is C22H22N2O4S. The Balaban J connectivity index is 1.62. The van der Waals surface area contributed by atoms with E-state index in [2.05, 4.69) is 4.98 Å². The van der Waals surface area contributed by atoms with Gasteiger partial charge in [0, 0.05) is 12.3 Å². The highest BCUT2D eigenvalue weighted by atomic mass is 32.1. The van der Waals surface area contributed by atoms with Crippen LogP contribution in [0.2, 0.25) is 0 Å². The molecule has 1 amide bonds. The van der Waals surface area contributed by atoms with E-state index in [1.54, 1.807) is 29.6 Å². The summed E-state index contributed by atoms with van der Waals surface area (Å²) < 4.78 is 10.9. The van der Waals surface area contributed by atoms with Crippen molar-refractivity contribution in [2.45, 2.75) is 26.9 Å². The number of nitrogens with zero attached hydrogens (tertiary/aromatic N) is 2. The van der Waals surface area contributed by atoms with Crippen molar-refractivity contribution in [3.63, 3.8) is 0 Å². The van der Waals surface area contributed by atoms with E-state index in [-0.39, 0.29) is 12.5 Å². The molecule has 1 aromatic heterocycles. The van der Waals surface area contributed by atoms with Gasteiger partial charge >= 0.3 is 5.97 Å². The van der Waals surface area contributed by atoms with E-state index in [0.717, 1.165) is 17.9 Å². The molecule has 0 aliphatic carbocycles. The Morgan fingerprint density at radius 3 is 2.45 bits per heavy atom. The summed E-state index contributed by atoms with van der Waals surface area (Å²) in [5.41, 5.74) is 1.77. The van der Waals surface area contributed by atoms with E-state index < -0.39 is 5.97 Å². The maximum atomic E-state index is 12.3. The predicted octanol–water partition coefficient (Wildman–Crippen LogP) is 4.97. The number of ether oxygens (including phenoxy) is 2. The molecule has 7 heteroatoms. The summed E-state index contributed by atoms with van der Waals surface area (Å²) in [4.78, 5) is 30.3. The Bertz CT molecular complexity index is 954. The van der Waals surface area contributed by atoms with Crippen LogP contribution in [0.5, 0.6) is 5.75 Å². The van der Waals surface area contributed by atoms with Crippen molar-refractivity contribution in [2.24, 2.45) is 0 Å². The molecule has 0 aliphatic rings. The third kappa shape index (κ3) is 5.42. The molecule has 6 nitrogen and oxygen atoms in total. The second kappa shape index (κ2) is 9.84. The van der Waals surface area contributed by atoms with E-state index in [9.17, 15) is 9.59 Å². The molecule has 150 valence electrons. The lowest BCUT2D eigenvalue weighted by Gasteiger charge is -2.17. The van der Waals surface area contributed by atoms with Crippen molar-refractivity contribution in [1.29, 1.82) is 0 Å². The molecule has 0 bridgehead atoms. The van der Waals surface area contributed by atoms with E-state index in [4.69, 9.17) is 9.47 Å². The minimum atomic E-state index is -0.437. The molecule has 29 heavy (non-hydrogen) atoms. The van der Waals surface area contributed by atoms with Gasteiger partial charge in [0.05, 0.1) is 23.6 Å². The van der Waals surface area contributed by atoms with Crippen LogP contribution in [0.15, 0.2) is 60.0 Å². The molecule has 0 saturated carbocycles. The average molecular weight is 410 g/mol. The molecule has 1 heterocycles. The van der Waals surface area contributed by atoms with Gasteiger partial charge in [-0.05, 0) is 42.8 Å². The van der Waals surface area contributed by atoms with Crippen molar-refractivity contribution in [3.8, 4) is 5.75 Å². The molecule has 0 aliphatic heterocycles. The van der Waals surface area contributed by atoms with Crippen LogP contribution in [-0.4, -0.2) is 23.5 Å². The molecule has 0 N–H and O–H groups in total. The van der Waals surface area contributed by atoms with Crippen LogP contribution in [0.1, 0.15) is 36.3 Å². The number of hydrogen-bond donors (Lipinski definition) is 0. The Kier molecular flexibility index (Phi) is 6.97. The van der Waals surface area contributed by atoms with Crippen LogP contribution >= 0.6 is 11.3 Å². The fourth-order valence-electron chi connectivity index (χ4n) is 2.60. The molecule has 0 radical (unpaired) electrons. The van der Waals surface area contributed by atoms with Gasteiger partial charge in [0.1, 0.15) is 12.4 Å². The highest BCUT2D eigenvalue weighted by molar-refractivity contribution is 7.14. The quantitative estimate of drug-likeness (QED) is 0.490. The number of thiazole rings is 1. The zero-order chi connectivity index (χ0) is 20.6. The smallest absolute Gasteiger partial charge is 0.338 e. The highest BCUT2D eigenvalue weighted by Gasteiger charge is 2.18. The predicted molar refractivity (Wildman–Crippen MR) is 113 cm³/mol. The van der Waals surface area contributed by atoms with Crippen molar-refractivity contribution >= 4 is 34.0 Å². The van der Waals surface area contributed by atoms with Crippen molar-refractivity contribution in [1.82, 2.24) is 4.98 Å². The Labute approximate surface area is 173 Å². The molecule has 0 saturated heterocycles. The number of rotatable bonds is 8. The second-order valence-electron chi connectivity index (χ2n) is 6.26. The number of benzene rings is 2. The van der Waals surface area contributed by atoms with Crippen molar-refractivity contribution < 1.29 is 19.1 Å². The van der Waals surface area contributed by atoms with Crippen LogP contribution in [-0.2, 0) is 16.1 Å². The van der Waals surface area contributed by atoms with E-state index >= 15 is 0 Å². The lowest BCUT2D eigenvalue weighted by Crippen LogP contribution is -2.22. The number of anilines is 2. The lowest BCUT2D eigenvalue weighted by molar-refractivity contribution is -0.115. The molecule has 3 aromatic rings. The van der Waals surface area contributed by atoms with Gasteiger partial charge in [-0.25, -0.2) is 9.78 Å². The average Bonchev–Trinajstić information content (AvgIpc) is 3.20. The largest absolute Gasteiger partial charge is 0.494 e.